The minimum Gasteiger partial charge on any atom is -0.466 e. The third kappa shape index (κ3) is 3.55. The van der Waals surface area contributed by atoms with Crippen LogP contribution in [0.3, 0.4) is 0 Å². The summed E-state index contributed by atoms with van der Waals surface area (Å²) in [6, 6.07) is 18.4. The minimum atomic E-state index is -1.28. The Morgan fingerprint density at radius 2 is 1.78 bits per heavy atom. The normalized spacial score (nSPS) is 21.7. The Morgan fingerprint density at radius 3 is 2.47 bits per heavy atom. The van der Waals surface area contributed by atoms with E-state index in [4.69, 9.17) is 14.2 Å². The Labute approximate surface area is 185 Å². The Morgan fingerprint density at radius 1 is 1.09 bits per heavy atom. The summed E-state index contributed by atoms with van der Waals surface area (Å²) in [4.78, 5) is 25.4. The molecule has 0 amide bonds. The molecular formula is C25H22N2O5. The maximum atomic E-state index is 12.9. The zero-order chi connectivity index (χ0) is 22.7. The van der Waals surface area contributed by atoms with E-state index in [2.05, 4.69) is 11.4 Å². The minimum absolute atomic E-state index is 0.113. The van der Waals surface area contributed by atoms with Crippen LogP contribution in [0.25, 0.3) is 0 Å². The second kappa shape index (κ2) is 8.69. The molecule has 7 heteroatoms. The van der Waals surface area contributed by atoms with E-state index in [1.54, 1.807) is 24.3 Å². The quantitative estimate of drug-likeness (QED) is 0.533. The molecule has 2 aliphatic rings. The second-order valence-electron chi connectivity index (χ2n) is 7.50. The molecule has 2 aliphatic heterocycles. The fourth-order valence-corrected chi connectivity index (χ4v) is 4.31. The second-order valence-corrected chi connectivity index (χ2v) is 7.50. The van der Waals surface area contributed by atoms with E-state index in [1.807, 2.05) is 42.5 Å². The molecule has 3 atom stereocenters. The van der Waals surface area contributed by atoms with Crippen LogP contribution in [0.4, 0.5) is 5.69 Å². The van der Waals surface area contributed by atoms with E-state index < -0.39 is 29.7 Å². The number of rotatable bonds is 7. The summed E-state index contributed by atoms with van der Waals surface area (Å²) in [5, 5.41) is 13.0. The van der Waals surface area contributed by atoms with Crippen LogP contribution in [0.2, 0.25) is 0 Å². The van der Waals surface area contributed by atoms with E-state index in [9.17, 15) is 14.9 Å². The van der Waals surface area contributed by atoms with Crippen LogP contribution < -0.4 is 5.32 Å². The van der Waals surface area contributed by atoms with Crippen molar-refractivity contribution in [2.24, 2.45) is 0 Å². The Balaban J connectivity index is 1.85. The highest BCUT2D eigenvalue weighted by atomic mass is 16.6. The third-order valence-electron chi connectivity index (χ3n) is 5.77. The first-order chi connectivity index (χ1) is 15.5. The van der Waals surface area contributed by atoms with Crippen molar-refractivity contribution in [3.8, 4) is 6.07 Å². The molecule has 32 heavy (non-hydrogen) atoms. The van der Waals surface area contributed by atoms with E-state index in [-0.39, 0.29) is 11.1 Å². The lowest BCUT2D eigenvalue weighted by molar-refractivity contribution is -0.139. The van der Waals surface area contributed by atoms with Gasteiger partial charge in [-0.2, -0.15) is 5.26 Å². The van der Waals surface area contributed by atoms with Crippen LogP contribution in [0, 0.1) is 11.3 Å². The zero-order valence-corrected chi connectivity index (χ0v) is 17.7. The molecule has 0 aliphatic carbocycles. The van der Waals surface area contributed by atoms with Gasteiger partial charge in [0.1, 0.15) is 11.7 Å². The summed E-state index contributed by atoms with van der Waals surface area (Å²) in [5.41, 5.74) is 1.08. The van der Waals surface area contributed by atoms with Gasteiger partial charge in [-0.1, -0.05) is 42.5 Å². The standard InChI is InChI=1S/C25H22N2O5/c1-30-23(28)21-19-12-13-25(32-19,22(21)24(29)31-2)20(27-18-10-4-3-5-11-18)14-16-8-6-7-9-17(16)15-26/h3-13,19-20,27H,14H2,1-2H3. The topological polar surface area (TPSA) is 97.7 Å². The number of hydrogen-bond acceptors (Lipinski definition) is 7. The number of carbonyl (C=O) groups excluding carboxylic acids is 2. The zero-order valence-electron chi connectivity index (χ0n) is 17.7. The van der Waals surface area contributed by atoms with Gasteiger partial charge >= 0.3 is 11.9 Å². The largest absolute Gasteiger partial charge is 0.466 e. The molecule has 0 fully saturated rings. The Hall–Kier alpha value is -3.89. The number of fused-ring (bicyclic) bond motifs is 2. The van der Waals surface area contributed by atoms with E-state index in [1.165, 1.54) is 14.2 Å². The first-order valence-corrected chi connectivity index (χ1v) is 10.1. The van der Waals surface area contributed by atoms with Crippen molar-refractivity contribution in [1.29, 1.82) is 5.26 Å². The predicted molar refractivity (Wildman–Crippen MR) is 117 cm³/mol. The molecule has 0 saturated heterocycles. The van der Waals surface area contributed by atoms with Crippen molar-refractivity contribution in [1.82, 2.24) is 0 Å². The average molecular weight is 430 g/mol. The van der Waals surface area contributed by atoms with Gasteiger partial charge in [0.25, 0.3) is 0 Å². The molecule has 162 valence electrons. The van der Waals surface area contributed by atoms with Gasteiger partial charge in [-0.05, 0) is 36.3 Å². The molecule has 0 spiro atoms. The molecule has 2 aromatic carbocycles. The monoisotopic (exact) mass is 430 g/mol. The molecule has 3 unspecified atom stereocenters. The lowest BCUT2D eigenvalue weighted by Gasteiger charge is -2.36. The average Bonchev–Trinajstić information content (AvgIpc) is 3.42. The van der Waals surface area contributed by atoms with Crippen LogP contribution in [0.5, 0.6) is 0 Å². The predicted octanol–water partition coefficient (Wildman–Crippen LogP) is 2.93. The molecule has 1 N–H and O–H groups in total. The number of benzene rings is 2. The van der Waals surface area contributed by atoms with Crippen LogP contribution in [0.15, 0.2) is 77.9 Å². The smallest absolute Gasteiger partial charge is 0.337 e. The SMILES string of the molecule is COC(=O)C1=C(C(=O)OC)C2(C(Cc3ccccc3C#N)Nc3ccccc3)C=CC1O2. The van der Waals surface area contributed by atoms with Gasteiger partial charge in [0.05, 0.1) is 43.0 Å². The summed E-state index contributed by atoms with van der Waals surface area (Å²) >= 11 is 0. The van der Waals surface area contributed by atoms with Gasteiger partial charge in [0.15, 0.2) is 0 Å². The Kier molecular flexibility index (Phi) is 5.80. The first-order valence-electron chi connectivity index (χ1n) is 10.1. The number of nitriles is 1. The van der Waals surface area contributed by atoms with Crippen LogP contribution >= 0.6 is 0 Å². The van der Waals surface area contributed by atoms with E-state index >= 15 is 0 Å². The van der Waals surface area contributed by atoms with Crippen LogP contribution in [-0.4, -0.2) is 43.9 Å². The number of para-hydroxylation sites is 1. The number of nitrogens with zero attached hydrogens (tertiary/aromatic N) is 1. The molecule has 0 radical (unpaired) electrons. The number of anilines is 1. The molecule has 0 saturated carbocycles. The molecule has 0 aromatic heterocycles. The van der Waals surface area contributed by atoms with Gasteiger partial charge in [-0.15, -0.1) is 0 Å². The van der Waals surface area contributed by atoms with Crippen molar-refractivity contribution < 1.29 is 23.8 Å². The van der Waals surface area contributed by atoms with Crippen molar-refractivity contribution in [2.45, 2.75) is 24.2 Å². The molecule has 7 nitrogen and oxygen atoms in total. The van der Waals surface area contributed by atoms with Gasteiger partial charge < -0.3 is 19.5 Å². The van der Waals surface area contributed by atoms with Crippen LogP contribution in [-0.2, 0) is 30.2 Å². The summed E-state index contributed by atoms with van der Waals surface area (Å²) in [6.45, 7) is 0. The highest BCUT2D eigenvalue weighted by Gasteiger charge is 2.58. The molecule has 4 rings (SSSR count). The number of esters is 2. The highest BCUT2D eigenvalue weighted by Crippen LogP contribution is 2.47. The van der Waals surface area contributed by atoms with Crippen LogP contribution in [0.1, 0.15) is 11.1 Å². The van der Waals surface area contributed by atoms with Crippen molar-refractivity contribution in [3.05, 3.63) is 89.0 Å². The third-order valence-corrected chi connectivity index (χ3v) is 5.77. The number of carbonyl (C=O) groups is 2. The highest BCUT2D eigenvalue weighted by molar-refractivity contribution is 6.05. The van der Waals surface area contributed by atoms with E-state index in [0.29, 0.717) is 12.0 Å². The molecule has 2 aromatic rings. The number of hydrogen-bond donors (Lipinski definition) is 1. The van der Waals surface area contributed by atoms with Gasteiger partial charge in [0.2, 0.25) is 0 Å². The first kappa shape index (κ1) is 21.3. The van der Waals surface area contributed by atoms with Crippen molar-refractivity contribution in [3.63, 3.8) is 0 Å². The van der Waals surface area contributed by atoms with Gasteiger partial charge in [-0.25, -0.2) is 9.59 Å². The lowest BCUT2D eigenvalue weighted by Crippen LogP contribution is -2.49. The van der Waals surface area contributed by atoms with E-state index in [0.717, 1.165) is 11.3 Å². The number of ether oxygens (including phenoxy) is 3. The summed E-state index contributed by atoms with van der Waals surface area (Å²) < 4.78 is 16.2. The van der Waals surface area contributed by atoms with Gasteiger partial charge in [-0.3, -0.25) is 0 Å². The summed E-state index contributed by atoms with van der Waals surface area (Å²) in [5.74, 6) is -1.30. The fraction of sp³-hybridized carbons (Fsp3) is 0.240. The maximum Gasteiger partial charge on any atom is 0.337 e. The molecule has 2 heterocycles. The Bertz CT molecular complexity index is 1150. The summed E-state index contributed by atoms with van der Waals surface area (Å²) in [6.07, 6.45) is 3.16. The number of methoxy groups -OCH3 is 2. The maximum absolute atomic E-state index is 12.9. The van der Waals surface area contributed by atoms with Crippen molar-refractivity contribution in [2.75, 3.05) is 19.5 Å². The molecule has 2 bridgehead atoms. The van der Waals surface area contributed by atoms with Crippen molar-refractivity contribution >= 4 is 17.6 Å². The summed E-state index contributed by atoms with van der Waals surface area (Å²) in [7, 11) is 2.52. The van der Waals surface area contributed by atoms with Gasteiger partial charge in [0, 0.05) is 5.69 Å². The fourth-order valence-electron chi connectivity index (χ4n) is 4.31. The number of nitrogens with one attached hydrogen (secondary N) is 1. The lowest BCUT2D eigenvalue weighted by atomic mass is 9.78. The molecular weight excluding hydrogens is 408 g/mol.